The lowest BCUT2D eigenvalue weighted by Crippen LogP contribution is -2.51. The van der Waals surface area contributed by atoms with E-state index in [0.717, 1.165) is 22.3 Å². The topological polar surface area (TPSA) is 86.8 Å². The smallest absolute Gasteiger partial charge is 0.410 e. The number of hydrogen-bond acceptors (Lipinski definition) is 6. The maximum atomic E-state index is 12.3. The quantitative estimate of drug-likeness (QED) is 0.623. The van der Waals surface area contributed by atoms with Crippen molar-refractivity contribution in [2.45, 2.75) is 51.4 Å². The lowest BCUT2D eigenvalue weighted by Gasteiger charge is -2.40. The van der Waals surface area contributed by atoms with Gasteiger partial charge in [0.15, 0.2) is 0 Å². The predicted octanol–water partition coefficient (Wildman–Crippen LogP) is 3.55. The summed E-state index contributed by atoms with van der Waals surface area (Å²) in [4.78, 5) is 18.7. The molecular weight excluding hydrogens is 396 g/mol. The number of ether oxygens (including phenoxy) is 2. The summed E-state index contributed by atoms with van der Waals surface area (Å²) in [6, 6.07) is 0.0705. The number of amides is 1. The molecule has 0 atom stereocenters. The molecule has 3 aromatic rings. The van der Waals surface area contributed by atoms with E-state index < -0.39 is 5.60 Å². The van der Waals surface area contributed by atoms with E-state index in [1.807, 2.05) is 40.2 Å². The molecule has 1 saturated carbocycles. The number of aromatic nitrogens is 5. The van der Waals surface area contributed by atoms with Crippen LogP contribution in [-0.4, -0.2) is 60.2 Å². The van der Waals surface area contributed by atoms with E-state index in [0.29, 0.717) is 18.7 Å². The Morgan fingerprint density at radius 2 is 2.00 bits per heavy atom. The fourth-order valence-electron chi connectivity index (χ4n) is 3.52. The third-order valence-electron chi connectivity index (χ3n) is 5.29. The Kier molecular flexibility index (Phi) is 5.20. The maximum Gasteiger partial charge on any atom is 0.410 e. The van der Waals surface area contributed by atoms with Crippen molar-refractivity contribution in [1.29, 1.82) is 0 Å². The van der Waals surface area contributed by atoms with Gasteiger partial charge in [0.1, 0.15) is 17.2 Å². The third-order valence-corrected chi connectivity index (χ3v) is 5.29. The fraction of sp³-hybridized carbons (Fsp3) is 0.455. The van der Waals surface area contributed by atoms with Gasteiger partial charge in [-0.15, -0.1) is 0 Å². The van der Waals surface area contributed by atoms with Crippen LogP contribution in [0.15, 0.2) is 31.4 Å². The van der Waals surface area contributed by atoms with Crippen molar-refractivity contribution < 1.29 is 14.3 Å². The molecule has 1 aliphatic rings. The minimum Gasteiger partial charge on any atom is -0.473 e. The normalized spacial score (nSPS) is 18.5. The number of aryl methyl sites for hydroxylation is 1. The van der Waals surface area contributed by atoms with Crippen molar-refractivity contribution in [3.8, 4) is 17.1 Å². The molecule has 1 aliphatic carbocycles. The number of rotatable bonds is 5. The summed E-state index contributed by atoms with van der Waals surface area (Å²) in [7, 11) is 3.63. The number of hydrogen-bond donors (Lipinski definition) is 0. The highest BCUT2D eigenvalue weighted by atomic mass is 16.6. The lowest BCUT2D eigenvalue weighted by atomic mass is 9.88. The highest BCUT2D eigenvalue weighted by Gasteiger charge is 2.38. The molecule has 0 N–H and O–H groups in total. The van der Waals surface area contributed by atoms with Crippen LogP contribution in [0.4, 0.5) is 4.79 Å². The molecule has 3 heterocycles. The monoisotopic (exact) mass is 424 g/mol. The first kappa shape index (κ1) is 20.9. The second kappa shape index (κ2) is 7.72. The summed E-state index contributed by atoms with van der Waals surface area (Å²) in [5, 5.41) is 8.65. The average molecular weight is 425 g/mol. The molecule has 0 unspecified atom stereocenters. The Morgan fingerprint density at radius 1 is 1.26 bits per heavy atom. The van der Waals surface area contributed by atoms with E-state index in [4.69, 9.17) is 14.5 Å². The summed E-state index contributed by atoms with van der Waals surface area (Å²) in [5.41, 5.74) is 2.70. The van der Waals surface area contributed by atoms with Gasteiger partial charge in [0.2, 0.25) is 5.88 Å². The Labute approximate surface area is 181 Å². The second-order valence-electron chi connectivity index (χ2n) is 8.89. The first-order valence-electron chi connectivity index (χ1n) is 10.3. The van der Waals surface area contributed by atoms with E-state index in [1.54, 1.807) is 39.6 Å². The van der Waals surface area contributed by atoms with Crippen LogP contribution < -0.4 is 4.74 Å². The zero-order chi connectivity index (χ0) is 22.3. The zero-order valence-corrected chi connectivity index (χ0v) is 18.6. The summed E-state index contributed by atoms with van der Waals surface area (Å²) < 4.78 is 15.2. The Morgan fingerprint density at radius 3 is 2.61 bits per heavy atom. The summed E-state index contributed by atoms with van der Waals surface area (Å²) in [6.07, 6.45) is 10.0. The second-order valence-corrected chi connectivity index (χ2v) is 8.89. The summed E-state index contributed by atoms with van der Waals surface area (Å²) in [6.45, 7) is 9.45. The van der Waals surface area contributed by atoms with Crippen molar-refractivity contribution in [2.24, 2.45) is 7.05 Å². The highest BCUT2D eigenvalue weighted by Crippen LogP contribution is 2.33. The van der Waals surface area contributed by atoms with Gasteiger partial charge in [0, 0.05) is 50.3 Å². The first-order chi connectivity index (χ1) is 14.6. The van der Waals surface area contributed by atoms with E-state index >= 15 is 0 Å². The predicted molar refractivity (Wildman–Crippen MR) is 117 cm³/mol. The highest BCUT2D eigenvalue weighted by molar-refractivity contribution is 5.74. The first-order valence-corrected chi connectivity index (χ1v) is 10.3. The van der Waals surface area contributed by atoms with Crippen molar-refractivity contribution in [3.63, 3.8) is 0 Å². The van der Waals surface area contributed by atoms with Gasteiger partial charge in [-0.1, -0.05) is 12.7 Å². The number of carbonyl (C=O) groups excluding carboxylic acids is 1. The van der Waals surface area contributed by atoms with Gasteiger partial charge >= 0.3 is 6.09 Å². The molecule has 164 valence electrons. The summed E-state index contributed by atoms with van der Waals surface area (Å²) >= 11 is 0. The van der Waals surface area contributed by atoms with Gasteiger partial charge in [0.05, 0.1) is 24.3 Å². The van der Waals surface area contributed by atoms with Crippen LogP contribution in [0.5, 0.6) is 5.88 Å². The van der Waals surface area contributed by atoms with E-state index in [2.05, 4.69) is 16.8 Å². The molecule has 1 fully saturated rings. The minimum absolute atomic E-state index is 0.0529. The van der Waals surface area contributed by atoms with Gasteiger partial charge in [-0.05, 0) is 20.8 Å². The van der Waals surface area contributed by atoms with Gasteiger partial charge in [-0.3, -0.25) is 4.68 Å². The van der Waals surface area contributed by atoms with E-state index in [9.17, 15) is 4.79 Å². The van der Waals surface area contributed by atoms with Gasteiger partial charge in [-0.25, -0.2) is 14.3 Å². The average Bonchev–Trinajstić information content (AvgIpc) is 3.28. The van der Waals surface area contributed by atoms with Gasteiger partial charge < -0.3 is 14.4 Å². The third kappa shape index (κ3) is 4.26. The maximum absolute atomic E-state index is 12.3. The number of carbonyl (C=O) groups is 1. The lowest BCUT2D eigenvalue weighted by molar-refractivity contribution is -0.00936. The van der Waals surface area contributed by atoms with Crippen LogP contribution in [0.3, 0.4) is 0 Å². The molecule has 0 spiro atoms. The van der Waals surface area contributed by atoms with Crippen molar-refractivity contribution in [1.82, 2.24) is 29.3 Å². The fourth-order valence-corrected chi connectivity index (χ4v) is 3.52. The molecule has 1 amide bonds. The molecule has 0 aromatic carbocycles. The molecule has 3 aromatic heterocycles. The Bertz CT molecular complexity index is 1120. The molecule has 31 heavy (non-hydrogen) atoms. The van der Waals surface area contributed by atoms with Crippen LogP contribution in [-0.2, 0) is 11.8 Å². The largest absolute Gasteiger partial charge is 0.473 e. The number of nitrogens with zero attached hydrogens (tertiary/aromatic N) is 6. The van der Waals surface area contributed by atoms with Crippen LogP contribution in [0, 0.1) is 0 Å². The van der Waals surface area contributed by atoms with Crippen molar-refractivity contribution >= 4 is 17.7 Å². The van der Waals surface area contributed by atoms with E-state index in [-0.39, 0.29) is 18.2 Å². The standard InChI is InChI=1S/C22H28N6O3/c1-7-14-10-24-28-13-18(15-11-23-26(5)12-15)25-20(19(14)28)30-17-8-16(9-17)27(6)21(29)31-22(2,3)4/h7,10-13,16-17H,1,8-9H2,2-6H3. The molecule has 0 bridgehead atoms. The SMILES string of the molecule is C=Cc1cnn2cc(-c3cnn(C)c3)nc(OC3CC(N(C)C(=O)OC(C)(C)C)C3)c12. The zero-order valence-electron chi connectivity index (χ0n) is 18.6. The minimum atomic E-state index is -0.518. The Balaban J connectivity index is 1.53. The number of fused-ring (bicyclic) bond motifs is 1. The molecule has 0 radical (unpaired) electrons. The molecular formula is C22H28N6O3. The molecule has 4 rings (SSSR count). The van der Waals surface area contributed by atoms with Crippen LogP contribution >= 0.6 is 0 Å². The van der Waals surface area contributed by atoms with Crippen molar-refractivity contribution in [2.75, 3.05) is 7.05 Å². The van der Waals surface area contributed by atoms with Crippen LogP contribution in [0.2, 0.25) is 0 Å². The van der Waals surface area contributed by atoms with Crippen LogP contribution in [0.1, 0.15) is 39.2 Å². The molecule has 9 nitrogen and oxygen atoms in total. The summed E-state index contributed by atoms with van der Waals surface area (Å²) in [5.74, 6) is 0.497. The molecule has 0 aliphatic heterocycles. The van der Waals surface area contributed by atoms with Gasteiger partial charge in [-0.2, -0.15) is 10.2 Å². The molecule has 9 heteroatoms. The van der Waals surface area contributed by atoms with Crippen LogP contribution in [0.25, 0.3) is 22.9 Å². The van der Waals surface area contributed by atoms with E-state index in [1.165, 1.54) is 0 Å². The molecule has 0 saturated heterocycles. The van der Waals surface area contributed by atoms with Gasteiger partial charge in [0.25, 0.3) is 0 Å². The Hall–Kier alpha value is -3.36. The van der Waals surface area contributed by atoms with Crippen molar-refractivity contribution in [3.05, 3.63) is 36.9 Å².